The second-order valence-corrected chi connectivity index (χ2v) is 7.33. The number of amides is 2. The molecule has 0 bridgehead atoms. The van der Waals surface area contributed by atoms with Crippen LogP contribution in [0.2, 0.25) is 0 Å². The Bertz CT molecular complexity index is 846. The molecule has 3 aromatic heterocycles. The van der Waals surface area contributed by atoms with Crippen molar-refractivity contribution in [3.63, 3.8) is 0 Å². The highest BCUT2D eigenvalue weighted by Crippen LogP contribution is 2.13. The van der Waals surface area contributed by atoms with Crippen molar-refractivity contribution in [3.05, 3.63) is 30.9 Å². The number of aromatic amines is 1. The van der Waals surface area contributed by atoms with E-state index in [1.54, 1.807) is 12.4 Å². The topological polar surface area (TPSA) is 78.3 Å². The first kappa shape index (κ1) is 30.2. The van der Waals surface area contributed by atoms with Crippen LogP contribution in [0.3, 0.4) is 0 Å². The van der Waals surface area contributed by atoms with Gasteiger partial charge in [0.05, 0.1) is 11.7 Å². The van der Waals surface area contributed by atoms with E-state index in [0.717, 1.165) is 35.6 Å². The van der Waals surface area contributed by atoms with Gasteiger partial charge in [0.2, 0.25) is 0 Å². The molecule has 2 amide bonds. The van der Waals surface area contributed by atoms with Crippen molar-refractivity contribution in [1.82, 2.24) is 29.6 Å². The lowest BCUT2D eigenvalue weighted by Gasteiger charge is -2.16. The molecular formula is C23H39F3N6O. The number of hydrogen-bond acceptors (Lipinski definition) is 3. The minimum absolute atomic E-state index is 0.559. The third-order valence-electron chi connectivity index (χ3n) is 3.78. The molecule has 1 fully saturated rings. The van der Waals surface area contributed by atoms with E-state index in [-0.39, 0.29) is 0 Å². The molecule has 3 aromatic rings. The number of halogens is 3. The van der Waals surface area contributed by atoms with E-state index in [9.17, 15) is 18.0 Å². The maximum absolute atomic E-state index is 11.7. The van der Waals surface area contributed by atoms with Crippen LogP contribution >= 0.6 is 0 Å². The molecule has 1 saturated heterocycles. The highest BCUT2D eigenvalue weighted by atomic mass is 19.4. The molecule has 33 heavy (non-hydrogen) atoms. The maximum atomic E-state index is 11.7. The van der Waals surface area contributed by atoms with E-state index in [2.05, 4.69) is 35.7 Å². The van der Waals surface area contributed by atoms with Crippen LogP contribution in [0.25, 0.3) is 16.8 Å². The molecule has 4 heterocycles. The summed E-state index contributed by atoms with van der Waals surface area (Å²) in [5.74, 6) is 0.833. The average molecular weight is 473 g/mol. The van der Waals surface area contributed by atoms with Gasteiger partial charge in [-0.2, -0.15) is 13.2 Å². The molecule has 4 rings (SSSR count). The largest absolute Gasteiger partial charge is 0.405 e. The third kappa shape index (κ3) is 11.6. The zero-order valence-corrected chi connectivity index (χ0v) is 20.8. The number of alkyl halides is 3. The summed E-state index contributed by atoms with van der Waals surface area (Å²) in [6, 6.07) is 1.37. The smallest absolute Gasteiger partial charge is 0.345 e. The summed E-state index contributed by atoms with van der Waals surface area (Å²) in [4.78, 5) is 23.8. The van der Waals surface area contributed by atoms with Crippen LogP contribution < -0.4 is 5.32 Å². The van der Waals surface area contributed by atoms with Gasteiger partial charge in [-0.3, -0.25) is 4.40 Å². The molecule has 1 aliphatic rings. The van der Waals surface area contributed by atoms with Gasteiger partial charge in [0, 0.05) is 31.7 Å². The lowest BCUT2D eigenvalue weighted by atomic mass is 10.3. The summed E-state index contributed by atoms with van der Waals surface area (Å²) in [5, 5.41) is 1.83. The van der Waals surface area contributed by atoms with Crippen molar-refractivity contribution < 1.29 is 18.0 Å². The van der Waals surface area contributed by atoms with Crippen molar-refractivity contribution in [2.45, 2.75) is 67.5 Å². The van der Waals surface area contributed by atoms with Gasteiger partial charge in [-0.1, -0.05) is 48.5 Å². The quantitative estimate of drug-likeness (QED) is 0.437. The van der Waals surface area contributed by atoms with Gasteiger partial charge in [-0.05, 0) is 24.8 Å². The predicted molar refractivity (Wildman–Crippen MR) is 128 cm³/mol. The van der Waals surface area contributed by atoms with Crippen molar-refractivity contribution in [3.8, 4) is 0 Å². The van der Waals surface area contributed by atoms with Crippen molar-refractivity contribution in [2.75, 3.05) is 19.6 Å². The summed E-state index contributed by atoms with van der Waals surface area (Å²) < 4.78 is 37.0. The second-order valence-electron chi connectivity index (χ2n) is 7.33. The fourth-order valence-electron chi connectivity index (χ4n) is 2.59. The molecule has 7 nitrogen and oxygen atoms in total. The van der Waals surface area contributed by atoms with Crippen LogP contribution in [0.5, 0.6) is 0 Å². The van der Waals surface area contributed by atoms with Crippen molar-refractivity contribution >= 4 is 22.8 Å². The minimum atomic E-state index is -4.32. The first-order chi connectivity index (χ1) is 15.7. The van der Waals surface area contributed by atoms with E-state index in [1.165, 1.54) is 4.90 Å². The fraction of sp³-hybridized carbons (Fsp3) is 0.609. The van der Waals surface area contributed by atoms with E-state index in [4.69, 9.17) is 0 Å². The van der Waals surface area contributed by atoms with E-state index in [1.807, 2.05) is 55.9 Å². The van der Waals surface area contributed by atoms with Gasteiger partial charge in [0.15, 0.2) is 11.3 Å². The molecule has 0 saturated carbocycles. The summed E-state index contributed by atoms with van der Waals surface area (Å²) in [6.07, 6.45) is 4.74. The number of nitrogens with zero attached hydrogens (tertiary/aromatic N) is 4. The third-order valence-corrected chi connectivity index (χ3v) is 3.78. The van der Waals surface area contributed by atoms with Gasteiger partial charge in [-0.15, -0.1) is 0 Å². The Hall–Kier alpha value is -2.78. The molecule has 10 heteroatoms. The lowest BCUT2D eigenvalue weighted by Crippen LogP contribution is -2.42. The van der Waals surface area contributed by atoms with E-state index in [0.29, 0.717) is 13.1 Å². The molecular weight excluding hydrogens is 433 g/mol. The van der Waals surface area contributed by atoms with Crippen LogP contribution in [0.1, 0.15) is 61.3 Å². The van der Waals surface area contributed by atoms with Crippen LogP contribution in [0.15, 0.2) is 30.9 Å². The Morgan fingerprint density at radius 2 is 1.70 bits per heavy atom. The Morgan fingerprint density at radius 1 is 1.12 bits per heavy atom. The Morgan fingerprint density at radius 3 is 2.24 bits per heavy atom. The summed E-state index contributed by atoms with van der Waals surface area (Å²) in [7, 11) is 0. The number of likely N-dealkylation sites (tertiary alicyclic amines) is 1. The van der Waals surface area contributed by atoms with Gasteiger partial charge >= 0.3 is 12.2 Å². The summed E-state index contributed by atoms with van der Waals surface area (Å²) in [5.41, 5.74) is 2.83. The summed E-state index contributed by atoms with van der Waals surface area (Å²) in [6.45, 7) is 14.4. The molecule has 0 spiro atoms. The van der Waals surface area contributed by atoms with Gasteiger partial charge in [0.25, 0.3) is 0 Å². The SMILES string of the molecule is CC.CC.CC(C)C.O=C(NCC(F)(F)F)N1CCCC1.c1cn2c(cnc3[nH]ccc32)n1. The first-order valence-electron chi connectivity index (χ1n) is 11.5. The van der Waals surface area contributed by atoms with E-state index >= 15 is 0 Å². The highest BCUT2D eigenvalue weighted by Gasteiger charge is 2.29. The molecule has 0 aromatic carbocycles. The Labute approximate surface area is 194 Å². The molecule has 0 atom stereocenters. The number of carbonyl (C=O) groups is 1. The van der Waals surface area contributed by atoms with Crippen molar-refractivity contribution in [2.24, 2.45) is 5.92 Å². The number of fused-ring (bicyclic) bond motifs is 3. The van der Waals surface area contributed by atoms with Crippen LogP contribution in [-0.2, 0) is 0 Å². The molecule has 2 N–H and O–H groups in total. The average Bonchev–Trinajstić information content (AvgIpc) is 3.55. The lowest BCUT2D eigenvalue weighted by molar-refractivity contribution is -0.123. The number of hydrogen-bond donors (Lipinski definition) is 2. The molecule has 0 unspecified atom stereocenters. The zero-order valence-electron chi connectivity index (χ0n) is 20.8. The number of imidazole rings is 1. The maximum Gasteiger partial charge on any atom is 0.405 e. The number of nitrogens with one attached hydrogen (secondary N) is 2. The second kappa shape index (κ2) is 15.9. The Balaban J connectivity index is 0.000000475. The number of urea groups is 1. The number of carbonyl (C=O) groups excluding carboxylic acids is 1. The number of H-pyrrole nitrogens is 1. The predicted octanol–water partition coefficient (Wildman–Crippen LogP) is 6.28. The first-order valence-corrected chi connectivity index (χ1v) is 11.5. The van der Waals surface area contributed by atoms with Crippen LogP contribution in [0.4, 0.5) is 18.0 Å². The van der Waals surface area contributed by atoms with Crippen LogP contribution in [0, 0.1) is 5.92 Å². The van der Waals surface area contributed by atoms with Gasteiger partial charge < -0.3 is 15.2 Å². The monoisotopic (exact) mass is 472 g/mol. The van der Waals surface area contributed by atoms with Crippen LogP contribution in [-0.4, -0.2) is 56.1 Å². The number of aromatic nitrogens is 4. The highest BCUT2D eigenvalue weighted by molar-refractivity contribution is 5.74. The number of rotatable bonds is 1. The molecule has 0 aliphatic carbocycles. The van der Waals surface area contributed by atoms with E-state index < -0.39 is 18.8 Å². The summed E-state index contributed by atoms with van der Waals surface area (Å²) >= 11 is 0. The Kier molecular flexibility index (Phi) is 14.6. The van der Waals surface area contributed by atoms with Gasteiger partial charge in [-0.25, -0.2) is 14.8 Å². The fourth-order valence-corrected chi connectivity index (χ4v) is 2.59. The molecule has 188 valence electrons. The van der Waals surface area contributed by atoms with Crippen molar-refractivity contribution in [1.29, 1.82) is 0 Å². The normalized spacial score (nSPS) is 12.5. The van der Waals surface area contributed by atoms with Gasteiger partial charge in [0.1, 0.15) is 6.54 Å². The molecule has 0 radical (unpaired) electrons. The molecule has 1 aliphatic heterocycles. The standard InChI is InChI=1S/C8H6N4.C7H11F3N2O.C4H10.2C2H6/c1-2-10-8-6(1)12-4-3-9-7(12)5-11-8;8-7(9,10)5-11-6(13)12-3-1-2-4-12;1-4(2)3;2*1-2/h1-5,10H;1-5H2,(H,11,13);4H,1-3H3;2*1-2H3. The minimum Gasteiger partial charge on any atom is -0.345 e. The zero-order chi connectivity index (χ0) is 25.4.